The van der Waals surface area contributed by atoms with Crippen molar-refractivity contribution < 1.29 is 30.5 Å². The molecule has 2 aliphatic heterocycles. The fourth-order valence-electron chi connectivity index (χ4n) is 8.37. The molecule has 0 unspecified atom stereocenters. The van der Waals surface area contributed by atoms with Gasteiger partial charge < -0.3 is 14.0 Å². The normalized spacial score (nSPS) is 17.2. The molecule has 2 atom stereocenters. The van der Waals surface area contributed by atoms with Crippen LogP contribution in [0.15, 0.2) is 108 Å². The number of hydrogen-bond donors (Lipinski definition) is 0. The summed E-state index contributed by atoms with van der Waals surface area (Å²) in [7, 11) is 0. The Morgan fingerprint density at radius 3 is 2.05 bits per heavy atom. The number of hydrogen-bond acceptors (Lipinski definition) is 4. The quantitative estimate of drug-likeness (QED) is 0.162. The largest absolute Gasteiger partial charge is 2.00 e. The van der Waals surface area contributed by atoms with E-state index in [1.165, 1.54) is 27.6 Å². The van der Waals surface area contributed by atoms with Crippen LogP contribution in [0.25, 0.3) is 27.6 Å². The van der Waals surface area contributed by atoms with Crippen LogP contribution in [-0.2, 0) is 42.0 Å². The number of aryl methyl sites for hydroxylation is 2. The number of ether oxygens (including phenoxy) is 2. The van der Waals surface area contributed by atoms with Gasteiger partial charge in [-0.2, -0.15) is 6.07 Å². The standard InChI is InChI=1S/C51H49N3O2.Pt/c1-30-21-39-38-26-36(50(6,7)8)27-41-45(38)54(47(39)52-29-30)42-28-43(31(2)22-40(42)51(41,9)10)55-37-24-34(23-35(25-37)49(3,4)5)48-53-44(32-17-13-11-14-18-32)46(56-48)33-19-15-12-16-20-33;/h11-23,25-27,29,44,46H,1-10H3;/q-2;+2/t44-,46-;/m1./s1. The summed E-state index contributed by atoms with van der Waals surface area (Å²) in [5.41, 5.74) is 12.6. The number of aromatic nitrogens is 2. The topological polar surface area (TPSA) is 48.6 Å². The maximum atomic E-state index is 6.90. The third kappa shape index (κ3) is 6.62. The molecule has 2 aromatic heterocycles. The summed E-state index contributed by atoms with van der Waals surface area (Å²) >= 11 is 0. The van der Waals surface area contributed by atoms with Gasteiger partial charge in [-0.15, -0.1) is 28.8 Å². The molecule has 5 aromatic carbocycles. The molecule has 6 heteroatoms. The van der Waals surface area contributed by atoms with E-state index in [2.05, 4.69) is 171 Å². The summed E-state index contributed by atoms with van der Waals surface area (Å²) in [6.07, 6.45) is 1.70. The van der Waals surface area contributed by atoms with Crippen molar-refractivity contribution in [3.05, 3.63) is 165 Å². The first-order valence-electron chi connectivity index (χ1n) is 19.7. The average Bonchev–Trinajstić information content (AvgIpc) is 3.75. The SMILES string of the molecule is Cc1cnc2c(c1)c1cc(C(C)(C)C)cc3c1n2-c1[c-]c(Oc2[c-]c(C4=N[C@H](c5ccccc5)[C@@H](c5ccccc5)O4)cc(C(C)(C)C)c2)c(C)cc1C3(C)C.[Pt+2]. The van der Waals surface area contributed by atoms with Gasteiger partial charge in [-0.05, 0) is 63.1 Å². The minimum atomic E-state index is -0.290. The summed E-state index contributed by atoms with van der Waals surface area (Å²) < 4.78 is 16.0. The molecule has 0 bridgehead atoms. The summed E-state index contributed by atoms with van der Waals surface area (Å²) in [4.78, 5) is 10.3. The fourth-order valence-corrected chi connectivity index (χ4v) is 8.37. The zero-order valence-electron chi connectivity index (χ0n) is 34.4. The van der Waals surface area contributed by atoms with Crippen molar-refractivity contribution in [3.8, 4) is 17.2 Å². The molecule has 0 N–H and O–H groups in total. The van der Waals surface area contributed by atoms with Gasteiger partial charge >= 0.3 is 21.1 Å². The molecule has 5 nitrogen and oxygen atoms in total. The van der Waals surface area contributed by atoms with E-state index < -0.39 is 0 Å². The Bertz CT molecular complexity index is 2710. The molecule has 0 saturated heterocycles. The Hall–Kier alpha value is -4.99. The Balaban J connectivity index is 0.00000455. The molecule has 0 radical (unpaired) electrons. The molecule has 290 valence electrons. The summed E-state index contributed by atoms with van der Waals surface area (Å²) in [6.45, 7) is 22.4. The van der Waals surface area contributed by atoms with Gasteiger partial charge in [0.05, 0.1) is 5.52 Å². The van der Waals surface area contributed by atoms with E-state index in [1.807, 2.05) is 18.3 Å². The van der Waals surface area contributed by atoms with Gasteiger partial charge in [0, 0.05) is 28.5 Å². The van der Waals surface area contributed by atoms with E-state index in [4.69, 9.17) is 19.5 Å². The molecule has 0 fully saturated rings. The molecule has 4 heterocycles. The molecular formula is C51H49N3O2Pt. The number of nitrogens with zero attached hydrogens (tertiary/aromatic N) is 3. The second kappa shape index (κ2) is 13.8. The molecule has 0 aliphatic carbocycles. The zero-order valence-corrected chi connectivity index (χ0v) is 36.7. The van der Waals surface area contributed by atoms with Gasteiger partial charge in [0.15, 0.2) is 0 Å². The van der Waals surface area contributed by atoms with Crippen LogP contribution in [0.5, 0.6) is 11.5 Å². The van der Waals surface area contributed by atoms with Gasteiger partial charge in [0.2, 0.25) is 0 Å². The van der Waals surface area contributed by atoms with Crippen molar-refractivity contribution in [2.24, 2.45) is 4.99 Å². The summed E-state index contributed by atoms with van der Waals surface area (Å²) in [5.74, 6) is 1.81. The number of rotatable bonds is 5. The third-order valence-corrected chi connectivity index (χ3v) is 11.7. The van der Waals surface area contributed by atoms with Crippen LogP contribution in [0.4, 0.5) is 0 Å². The summed E-state index contributed by atoms with van der Waals surface area (Å²) in [6, 6.07) is 41.5. The smallest absolute Gasteiger partial charge is 0.510 e. The molecule has 2 aliphatic rings. The molecular weight excluding hydrogens is 882 g/mol. The molecule has 57 heavy (non-hydrogen) atoms. The average molecular weight is 931 g/mol. The van der Waals surface area contributed by atoms with E-state index in [-0.39, 0.29) is 49.5 Å². The Kier molecular flexibility index (Phi) is 9.44. The number of fused-ring (bicyclic) bond motifs is 5. The number of pyridine rings is 1. The maximum absolute atomic E-state index is 6.90. The molecule has 9 rings (SSSR count). The monoisotopic (exact) mass is 930 g/mol. The first-order chi connectivity index (χ1) is 26.6. The summed E-state index contributed by atoms with van der Waals surface area (Å²) in [5, 5.41) is 2.38. The van der Waals surface area contributed by atoms with E-state index in [9.17, 15) is 0 Å². The van der Waals surface area contributed by atoms with Crippen LogP contribution in [0.3, 0.4) is 0 Å². The van der Waals surface area contributed by atoms with Gasteiger partial charge in [-0.3, -0.25) is 4.99 Å². The van der Waals surface area contributed by atoms with Crippen molar-refractivity contribution >= 4 is 27.8 Å². The molecule has 7 aromatic rings. The number of benzene rings is 5. The van der Waals surface area contributed by atoms with Crippen molar-refractivity contribution in [1.29, 1.82) is 0 Å². The molecule has 0 spiro atoms. The first-order valence-corrected chi connectivity index (χ1v) is 19.7. The van der Waals surface area contributed by atoms with Crippen LogP contribution in [-0.4, -0.2) is 15.4 Å². The maximum Gasteiger partial charge on any atom is 2.00 e. The Morgan fingerprint density at radius 2 is 1.39 bits per heavy atom. The van der Waals surface area contributed by atoms with Crippen LogP contribution < -0.4 is 4.74 Å². The Labute approximate surface area is 351 Å². The van der Waals surface area contributed by atoms with Crippen molar-refractivity contribution in [1.82, 2.24) is 9.55 Å². The van der Waals surface area contributed by atoms with Gasteiger partial charge in [-0.25, -0.2) is 4.98 Å². The van der Waals surface area contributed by atoms with Crippen molar-refractivity contribution in [3.63, 3.8) is 0 Å². The van der Waals surface area contributed by atoms with E-state index in [0.29, 0.717) is 17.4 Å². The minimum absolute atomic E-state index is 0. The van der Waals surface area contributed by atoms with E-state index >= 15 is 0 Å². The van der Waals surface area contributed by atoms with Gasteiger partial charge in [0.25, 0.3) is 0 Å². The van der Waals surface area contributed by atoms with Crippen molar-refractivity contribution in [2.45, 2.75) is 97.6 Å². The van der Waals surface area contributed by atoms with Crippen LogP contribution in [0, 0.1) is 26.0 Å². The molecule has 0 amide bonds. The predicted octanol–water partition coefficient (Wildman–Crippen LogP) is 12.7. The van der Waals surface area contributed by atoms with Gasteiger partial charge in [0.1, 0.15) is 23.7 Å². The fraction of sp³-hybridized carbons (Fsp3) is 0.294. The van der Waals surface area contributed by atoms with E-state index in [1.54, 1.807) is 0 Å². The predicted molar refractivity (Wildman–Crippen MR) is 228 cm³/mol. The number of aliphatic imine (C=N–C) groups is 1. The zero-order chi connectivity index (χ0) is 39.3. The second-order valence-electron chi connectivity index (χ2n) is 18.3. The second-order valence-corrected chi connectivity index (χ2v) is 18.3. The minimum Gasteiger partial charge on any atom is -0.510 e. The third-order valence-electron chi connectivity index (χ3n) is 11.7. The van der Waals surface area contributed by atoms with Crippen LogP contribution in [0.2, 0.25) is 0 Å². The van der Waals surface area contributed by atoms with Crippen molar-refractivity contribution in [2.75, 3.05) is 0 Å². The Morgan fingerprint density at radius 1 is 0.737 bits per heavy atom. The van der Waals surface area contributed by atoms with Gasteiger partial charge in [-0.1, -0.05) is 152 Å². The van der Waals surface area contributed by atoms with Crippen LogP contribution >= 0.6 is 0 Å². The van der Waals surface area contributed by atoms with Crippen LogP contribution in [0.1, 0.15) is 118 Å². The first kappa shape index (κ1) is 38.9. The molecule has 0 saturated carbocycles. The van der Waals surface area contributed by atoms with E-state index in [0.717, 1.165) is 50.1 Å².